The summed E-state index contributed by atoms with van der Waals surface area (Å²) in [5.41, 5.74) is 5.97. The van der Waals surface area contributed by atoms with Gasteiger partial charge >= 0.3 is 0 Å². The van der Waals surface area contributed by atoms with Crippen LogP contribution in [0.2, 0.25) is 18.1 Å². The Kier molecular flexibility index (Phi) is 5.25. The molecule has 3 atom stereocenters. The molecule has 0 aromatic heterocycles. The van der Waals surface area contributed by atoms with E-state index in [1.165, 1.54) is 32.1 Å². The van der Waals surface area contributed by atoms with Crippen molar-refractivity contribution in [2.45, 2.75) is 110 Å². The van der Waals surface area contributed by atoms with E-state index in [1.54, 1.807) is 5.57 Å². The van der Waals surface area contributed by atoms with Crippen LogP contribution >= 0.6 is 0 Å². The van der Waals surface area contributed by atoms with Gasteiger partial charge in [-0.1, -0.05) is 66.6 Å². The molecular formula is C27H44O2Si. The van der Waals surface area contributed by atoms with E-state index in [0.29, 0.717) is 11.0 Å². The van der Waals surface area contributed by atoms with Gasteiger partial charge in [0.05, 0.1) is 18.6 Å². The van der Waals surface area contributed by atoms with Gasteiger partial charge in [-0.25, -0.2) is 0 Å². The summed E-state index contributed by atoms with van der Waals surface area (Å²) in [6.07, 6.45) is 11.0. The molecule has 1 unspecified atom stereocenters. The maximum absolute atomic E-state index is 6.32. The Hall–Kier alpha value is -0.563. The number of allylic oxidation sites excluding steroid dienone is 2. The van der Waals surface area contributed by atoms with E-state index in [0.717, 1.165) is 26.1 Å². The molecule has 1 spiro atoms. The SMILES string of the molecule is CC1(C)C2CC[C@@]3(C#C[Si](C)(C)C(C)(C)C)CCCC=C3[C@@]2(C)CCC12OCCO2. The Balaban J connectivity index is 1.74. The van der Waals surface area contributed by atoms with E-state index in [2.05, 4.69) is 72.2 Å². The molecule has 0 N–H and O–H groups in total. The largest absolute Gasteiger partial charge is 0.347 e. The molecule has 30 heavy (non-hydrogen) atoms. The van der Waals surface area contributed by atoms with Crippen molar-refractivity contribution in [3.05, 3.63) is 11.6 Å². The fraction of sp³-hybridized carbons (Fsp3) is 0.852. The third-order valence-corrected chi connectivity index (χ3v) is 14.5. The van der Waals surface area contributed by atoms with Crippen LogP contribution in [0.15, 0.2) is 11.6 Å². The van der Waals surface area contributed by atoms with Crippen molar-refractivity contribution < 1.29 is 9.47 Å². The second kappa shape index (κ2) is 6.97. The second-order valence-electron chi connectivity index (χ2n) is 12.9. The summed E-state index contributed by atoms with van der Waals surface area (Å²) in [6, 6.07) is 0. The van der Waals surface area contributed by atoms with E-state index in [4.69, 9.17) is 9.47 Å². The Morgan fingerprint density at radius 3 is 2.30 bits per heavy atom. The third-order valence-electron chi connectivity index (χ3n) is 9.99. The molecule has 1 saturated heterocycles. The highest BCUT2D eigenvalue weighted by atomic mass is 28.3. The molecule has 0 bridgehead atoms. The van der Waals surface area contributed by atoms with Crippen LogP contribution in [0.25, 0.3) is 0 Å². The van der Waals surface area contributed by atoms with Gasteiger partial charge in [-0.2, -0.15) is 0 Å². The summed E-state index contributed by atoms with van der Waals surface area (Å²) in [5, 5.41) is 0.312. The Labute approximate surface area is 186 Å². The van der Waals surface area contributed by atoms with E-state index in [-0.39, 0.29) is 22.0 Å². The van der Waals surface area contributed by atoms with Gasteiger partial charge in [-0.05, 0) is 60.5 Å². The van der Waals surface area contributed by atoms with Crippen LogP contribution < -0.4 is 0 Å². The van der Waals surface area contributed by atoms with Crippen LogP contribution in [0.5, 0.6) is 0 Å². The monoisotopic (exact) mass is 428 g/mol. The Morgan fingerprint density at radius 2 is 1.67 bits per heavy atom. The smallest absolute Gasteiger partial charge is 0.173 e. The van der Waals surface area contributed by atoms with Gasteiger partial charge in [0, 0.05) is 11.8 Å². The first-order chi connectivity index (χ1) is 13.8. The number of hydrogen-bond acceptors (Lipinski definition) is 2. The van der Waals surface area contributed by atoms with Gasteiger partial charge in [0.15, 0.2) is 5.79 Å². The minimum Gasteiger partial charge on any atom is -0.347 e. The van der Waals surface area contributed by atoms with E-state index in [1.807, 2.05) is 0 Å². The summed E-state index contributed by atoms with van der Waals surface area (Å²) in [5.74, 6) is 4.22. The van der Waals surface area contributed by atoms with Crippen LogP contribution in [0, 0.1) is 33.6 Å². The molecule has 0 radical (unpaired) electrons. The van der Waals surface area contributed by atoms with Gasteiger partial charge in [-0.15, -0.1) is 5.54 Å². The summed E-state index contributed by atoms with van der Waals surface area (Å²) in [4.78, 5) is 0. The molecule has 0 amide bonds. The Morgan fingerprint density at radius 1 is 1.00 bits per heavy atom. The fourth-order valence-corrected chi connectivity index (χ4v) is 7.95. The Bertz CT molecular complexity index is 784. The third kappa shape index (κ3) is 3.12. The highest BCUT2D eigenvalue weighted by Crippen LogP contribution is 2.69. The molecule has 2 nitrogen and oxygen atoms in total. The topological polar surface area (TPSA) is 18.5 Å². The molecule has 3 heteroatoms. The maximum atomic E-state index is 6.32. The first-order valence-electron chi connectivity index (χ1n) is 12.3. The van der Waals surface area contributed by atoms with Crippen molar-refractivity contribution in [1.82, 2.24) is 0 Å². The number of ether oxygens (including phenoxy) is 2. The molecular weight excluding hydrogens is 384 g/mol. The number of hydrogen-bond donors (Lipinski definition) is 0. The summed E-state index contributed by atoms with van der Waals surface area (Å²) in [7, 11) is -1.62. The van der Waals surface area contributed by atoms with Gasteiger partial charge in [0.25, 0.3) is 0 Å². The quantitative estimate of drug-likeness (QED) is 0.232. The van der Waals surface area contributed by atoms with Crippen LogP contribution in [0.4, 0.5) is 0 Å². The molecule has 3 fully saturated rings. The van der Waals surface area contributed by atoms with Crippen molar-refractivity contribution in [1.29, 1.82) is 0 Å². The van der Waals surface area contributed by atoms with Crippen LogP contribution in [0.1, 0.15) is 86.5 Å². The van der Waals surface area contributed by atoms with Gasteiger partial charge < -0.3 is 9.47 Å². The van der Waals surface area contributed by atoms with E-state index >= 15 is 0 Å². The number of fused-ring (bicyclic) bond motifs is 3. The average molecular weight is 429 g/mol. The van der Waals surface area contributed by atoms with Crippen molar-refractivity contribution in [3.8, 4) is 11.5 Å². The highest BCUT2D eigenvalue weighted by Gasteiger charge is 2.65. The lowest BCUT2D eigenvalue weighted by molar-refractivity contribution is -0.284. The molecule has 0 aromatic rings. The van der Waals surface area contributed by atoms with Gasteiger partial charge in [-0.3, -0.25) is 0 Å². The molecule has 4 rings (SSSR count). The molecule has 1 aliphatic heterocycles. The molecule has 0 aromatic carbocycles. The highest BCUT2D eigenvalue weighted by molar-refractivity contribution is 6.87. The van der Waals surface area contributed by atoms with Crippen molar-refractivity contribution in [2.75, 3.05) is 13.2 Å². The summed E-state index contributed by atoms with van der Waals surface area (Å²) in [6.45, 7) is 20.9. The molecule has 168 valence electrons. The maximum Gasteiger partial charge on any atom is 0.173 e. The van der Waals surface area contributed by atoms with Crippen molar-refractivity contribution >= 4 is 8.07 Å². The molecule has 1 heterocycles. The second-order valence-corrected chi connectivity index (χ2v) is 17.9. The zero-order valence-corrected chi connectivity index (χ0v) is 21.8. The molecule has 2 saturated carbocycles. The van der Waals surface area contributed by atoms with Crippen LogP contribution in [-0.2, 0) is 9.47 Å². The zero-order valence-electron chi connectivity index (χ0n) is 20.8. The van der Waals surface area contributed by atoms with Crippen molar-refractivity contribution in [2.24, 2.45) is 22.2 Å². The minimum absolute atomic E-state index is 0.0216. The normalized spacial score (nSPS) is 37.6. The first-order valence-corrected chi connectivity index (χ1v) is 15.3. The summed E-state index contributed by atoms with van der Waals surface area (Å²) < 4.78 is 12.6. The average Bonchev–Trinajstić information content (AvgIpc) is 3.14. The van der Waals surface area contributed by atoms with Crippen LogP contribution in [-0.4, -0.2) is 27.1 Å². The van der Waals surface area contributed by atoms with Crippen molar-refractivity contribution in [3.63, 3.8) is 0 Å². The lowest BCUT2D eigenvalue weighted by atomic mass is 9.43. The van der Waals surface area contributed by atoms with Gasteiger partial charge in [0.2, 0.25) is 0 Å². The van der Waals surface area contributed by atoms with E-state index in [9.17, 15) is 0 Å². The lowest BCUT2D eigenvalue weighted by Crippen LogP contribution is -2.61. The number of rotatable bonds is 0. The predicted molar refractivity (Wildman–Crippen MR) is 128 cm³/mol. The molecule has 3 aliphatic carbocycles. The van der Waals surface area contributed by atoms with Crippen LogP contribution in [0.3, 0.4) is 0 Å². The standard InChI is InChI=1S/C27H44O2Si/c1-23(2,3)30(7,8)20-17-26-13-10-9-11-22(26)25(6)15-16-27(28-18-19-29-27)24(4,5)21(25)12-14-26/h11,21H,9-10,12-16,18-19H2,1-8H3/t21?,25-,26+/m0/s1. The minimum atomic E-state index is -1.62. The zero-order chi connectivity index (χ0) is 22.1. The van der Waals surface area contributed by atoms with Gasteiger partial charge in [0.1, 0.15) is 8.07 Å². The predicted octanol–water partition coefficient (Wildman–Crippen LogP) is 7.11. The summed E-state index contributed by atoms with van der Waals surface area (Å²) >= 11 is 0. The first kappa shape index (κ1) is 22.6. The fourth-order valence-electron chi connectivity index (χ4n) is 7.02. The van der Waals surface area contributed by atoms with E-state index < -0.39 is 8.07 Å². The molecule has 4 aliphatic rings. The lowest BCUT2D eigenvalue weighted by Gasteiger charge is -2.64.